The molecule has 0 spiro atoms. The van der Waals surface area contributed by atoms with Crippen LogP contribution >= 0.6 is 11.6 Å². The molecular weight excluding hydrogens is 692 g/mol. The minimum absolute atomic E-state index is 0.0254. The zero-order chi connectivity index (χ0) is 35.3. The van der Waals surface area contributed by atoms with Gasteiger partial charge in [0, 0.05) is 37.1 Å². The van der Waals surface area contributed by atoms with Crippen LogP contribution in [0.3, 0.4) is 0 Å². The molecule has 2 aromatic carbocycles. The summed E-state index contributed by atoms with van der Waals surface area (Å²) >= 11 is 6.11. The predicted molar refractivity (Wildman–Crippen MR) is 166 cm³/mol. The van der Waals surface area contributed by atoms with Gasteiger partial charge in [0.2, 0.25) is 5.88 Å². The lowest BCUT2D eigenvalue weighted by Gasteiger charge is -2.33. The van der Waals surface area contributed by atoms with E-state index in [9.17, 15) is 40.0 Å². The average molecular weight is 718 g/mol. The Morgan fingerprint density at radius 1 is 1.12 bits per heavy atom. The normalized spacial score (nSPS) is 15.8. The summed E-state index contributed by atoms with van der Waals surface area (Å²) in [5, 5.41) is 3.32. The SMILES string of the molecule is Cc1cc(C(C)Nc2ccc(Cl)nc2-c2cc(F)c(OS(=O)(=O)C(F)(F)F)c(C=O)c2)c2oc(N3CCC(F)(F)CC3)c(C)c(=O)c2c1. The first-order valence-electron chi connectivity index (χ1n) is 14.3. The van der Waals surface area contributed by atoms with E-state index in [0.29, 0.717) is 17.2 Å². The molecule has 1 N–H and O–H groups in total. The number of fused-ring (bicyclic) bond motifs is 1. The van der Waals surface area contributed by atoms with Crippen LogP contribution in [0.4, 0.5) is 37.9 Å². The van der Waals surface area contributed by atoms with E-state index in [1.54, 1.807) is 37.8 Å². The van der Waals surface area contributed by atoms with Gasteiger partial charge in [0.15, 0.2) is 23.3 Å². The van der Waals surface area contributed by atoms with Crippen LogP contribution in [0.25, 0.3) is 22.2 Å². The van der Waals surface area contributed by atoms with Crippen molar-refractivity contribution in [2.75, 3.05) is 23.3 Å². The summed E-state index contributed by atoms with van der Waals surface area (Å²) in [6.07, 6.45) is -0.897. The maximum Gasteiger partial charge on any atom is 0.534 e. The molecule has 17 heteroatoms. The highest BCUT2D eigenvalue weighted by atomic mass is 35.5. The number of rotatable bonds is 8. The first kappa shape index (κ1) is 35.0. The number of carbonyl (C=O) groups excluding carboxylic acids is 1. The highest BCUT2D eigenvalue weighted by molar-refractivity contribution is 7.88. The molecule has 48 heavy (non-hydrogen) atoms. The number of anilines is 2. The molecule has 9 nitrogen and oxygen atoms in total. The van der Waals surface area contributed by atoms with Crippen molar-refractivity contribution in [3.8, 4) is 17.0 Å². The second-order valence-electron chi connectivity index (χ2n) is 11.3. The van der Waals surface area contributed by atoms with Crippen LogP contribution in [-0.2, 0) is 10.1 Å². The third kappa shape index (κ3) is 6.81. The average Bonchev–Trinajstić information content (AvgIpc) is 3.00. The van der Waals surface area contributed by atoms with Crippen molar-refractivity contribution in [1.29, 1.82) is 0 Å². The van der Waals surface area contributed by atoms with Crippen molar-refractivity contribution in [3.05, 3.63) is 79.8 Å². The highest BCUT2D eigenvalue weighted by Crippen LogP contribution is 2.39. The molecule has 1 saturated heterocycles. The summed E-state index contributed by atoms with van der Waals surface area (Å²) in [6.45, 7) is 4.96. The molecule has 0 aliphatic carbocycles. The van der Waals surface area contributed by atoms with E-state index in [1.807, 2.05) is 0 Å². The molecule has 1 aliphatic rings. The van der Waals surface area contributed by atoms with E-state index in [-0.39, 0.29) is 69.3 Å². The third-order valence-corrected chi connectivity index (χ3v) is 8.96. The van der Waals surface area contributed by atoms with Crippen molar-refractivity contribution in [3.63, 3.8) is 0 Å². The first-order chi connectivity index (χ1) is 22.3. The number of aromatic nitrogens is 1. The Morgan fingerprint density at radius 3 is 2.42 bits per heavy atom. The fourth-order valence-corrected chi connectivity index (χ4v) is 6.02. The minimum Gasteiger partial charge on any atom is -0.440 e. The minimum atomic E-state index is -6.30. The van der Waals surface area contributed by atoms with Crippen LogP contribution in [0.5, 0.6) is 5.75 Å². The predicted octanol–water partition coefficient (Wildman–Crippen LogP) is 7.71. The monoisotopic (exact) mass is 717 g/mol. The first-order valence-corrected chi connectivity index (χ1v) is 16.0. The number of nitrogens with zero attached hydrogens (tertiary/aromatic N) is 2. The molecule has 1 aliphatic heterocycles. The number of aryl methyl sites for hydroxylation is 1. The molecule has 1 atom stereocenters. The molecule has 0 saturated carbocycles. The number of aldehydes is 1. The molecule has 256 valence electrons. The van der Waals surface area contributed by atoms with Crippen molar-refractivity contribution in [2.45, 2.75) is 51.1 Å². The Labute approximate surface area is 274 Å². The van der Waals surface area contributed by atoms with Gasteiger partial charge >= 0.3 is 15.6 Å². The molecule has 4 aromatic rings. The van der Waals surface area contributed by atoms with Crippen molar-refractivity contribution < 1.29 is 48.2 Å². The Hall–Kier alpha value is -4.31. The number of alkyl halides is 5. The molecule has 1 unspecified atom stereocenters. The Bertz CT molecular complexity index is 2100. The maximum atomic E-state index is 15.1. The largest absolute Gasteiger partial charge is 0.534 e. The number of hydrogen-bond donors (Lipinski definition) is 1. The highest BCUT2D eigenvalue weighted by Gasteiger charge is 2.49. The van der Waals surface area contributed by atoms with Crippen LogP contribution in [0, 0.1) is 19.7 Å². The summed E-state index contributed by atoms with van der Waals surface area (Å²) in [5.41, 5.74) is -5.54. The van der Waals surface area contributed by atoms with E-state index < -0.39 is 57.6 Å². The van der Waals surface area contributed by atoms with Gasteiger partial charge in [-0.15, -0.1) is 0 Å². The number of nitrogens with one attached hydrogen (secondary N) is 1. The van der Waals surface area contributed by atoms with Gasteiger partial charge in [-0.3, -0.25) is 9.59 Å². The van der Waals surface area contributed by atoms with Crippen LogP contribution in [0.1, 0.15) is 52.9 Å². The van der Waals surface area contributed by atoms with Crippen molar-refractivity contribution in [2.24, 2.45) is 0 Å². The van der Waals surface area contributed by atoms with Crippen molar-refractivity contribution >= 4 is 50.5 Å². The second-order valence-corrected chi connectivity index (χ2v) is 13.2. The molecule has 1 fully saturated rings. The van der Waals surface area contributed by atoms with E-state index in [1.165, 1.54) is 12.1 Å². The quantitative estimate of drug-likeness (QED) is 0.0643. The third-order valence-electron chi connectivity index (χ3n) is 7.80. The molecular formula is C31H26ClF6N3O6S. The van der Waals surface area contributed by atoms with Crippen LogP contribution in [0.2, 0.25) is 5.15 Å². The number of piperidine rings is 1. The smallest absolute Gasteiger partial charge is 0.440 e. The number of halogens is 7. The molecule has 0 radical (unpaired) electrons. The molecule has 0 amide bonds. The van der Waals surface area contributed by atoms with Gasteiger partial charge in [0.1, 0.15) is 10.7 Å². The number of carbonyl (C=O) groups is 1. The standard InChI is InChI=1S/C31H26ClF6N3O6S/c1-15-10-20(28-21(11-15)26(43)16(2)29(46-28)41-8-6-30(34,35)7-9-41)17(3)39-23-4-5-24(32)40-25(23)18-12-19(14-42)27(22(33)13-18)47-48(44,45)31(36,37)38/h4-5,10-14,17,39H,6-9H2,1-3H3. The van der Waals surface area contributed by atoms with Gasteiger partial charge in [-0.2, -0.15) is 21.6 Å². The van der Waals surface area contributed by atoms with Gasteiger partial charge in [-0.05, 0) is 56.7 Å². The lowest BCUT2D eigenvalue weighted by Crippen LogP contribution is -2.40. The fourth-order valence-electron chi connectivity index (χ4n) is 5.38. The summed E-state index contributed by atoms with van der Waals surface area (Å²) < 4.78 is 115. The Morgan fingerprint density at radius 2 is 1.79 bits per heavy atom. The molecule has 0 bridgehead atoms. The molecule has 5 rings (SSSR count). The van der Waals surface area contributed by atoms with E-state index >= 15 is 4.39 Å². The molecule has 2 aromatic heterocycles. The molecule has 3 heterocycles. The number of pyridine rings is 1. The van der Waals surface area contributed by atoms with Crippen LogP contribution in [-0.4, -0.2) is 44.2 Å². The van der Waals surface area contributed by atoms with E-state index in [4.69, 9.17) is 16.0 Å². The lowest BCUT2D eigenvalue weighted by molar-refractivity contribution is -0.0501. The van der Waals surface area contributed by atoms with Gasteiger partial charge in [-0.25, -0.2) is 18.2 Å². The zero-order valence-corrected chi connectivity index (χ0v) is 26.9. The summed E-state index contributed by atoms with van der Waals surface area (Å²) in [5.74, 6) is -5.72. The Balaban J connectivity index is 1.57. The maximum absolute atomic E-state index is 15.1. The van der Waals surface area contributed by atoms with Gasteiger partial charge < -0.3 is 18.8 Å². The fraction of sp³-hybridized carbons (Fsp3) is 0.323. The van der Waals surface area contributed by atoms with E-state index in [2.05, 4.69) is 14.5 Å². The zero-order valence-electron chi connectivity index (χ0n) is 25.3. The van der Waals surface area contributed by atoms with E-state index in [0.717, 1.165) is 6.07 Å². The number of hydrogen-bond acceptors (Lipinski definition) is 9. The Kier molecular flexibility index (Phi) is 9.20. The van der Waals surface area contributed by atoms with Gasteiger partial charge in [0.25, 0.3) is 5.92 Å². The summed E-state index contributed by atoms with van der Waals surface area (Å²) in [6, 6.07) is 7.04. The van der Waals surface area contributed by atoms with Gasteiger partial charge in [0.05, 0.1) is 33.9 Å². The lowest BCUT2D eigenvalue weighted by atomic mass is 9.99. The second kappa shape index (κ2) is 12.6. The topological polar surface area (TPSA) is 119 Å². The van der Waals surface area contributed by atoms with Gasteiger partial charge in [-0.1, -0.05) is 17.7 Å². The number of benzene rings is 2. The summed E-state index contributed by atoms with van der Waals surface area (Å²) in [7, 11) is -6.30. The van der Waals surface area contributed by atoms with Crippen molar-refractivity contribution in [1.82, 2.24) is 4.98 Å². The van der Waals surface area contributed by atoms with Crippen LogP contribution < -0.4 is 19.8 Å². The summed E-state index contributed by atoms with van der Waals surface area (Å²) in [4.78, 5) is 31.0. The van der Waals surface area contributed by atoms with Crippen LogP contribution in [0.15, 0.2) is 45.6 Å².